The Labute approximate surface area is 99.5 Å². The summed E-state index contributed by atoms with van der Waals surface area (Å²) < 4.78 is 0. The van der Waals surface area contributed by atoms with E-state index in [-0.39, 0.29) is 0 Å². The van der Waals surface area contributed by atoms with Crippen LogP contribution in [0.15, 0.2) is 0 Å². The second-order valence-electron chi connectivity index (χ2n) is 4.68. The molecule has 0 aliphatic carbocycles. The highest BCUT2D eigenvalue weighted by molar-refractivity contribution is 5.54. The molecule has 0 aliphatic rings. The topological polar surface area (TPSA) is 20.2 Å². The summed E-state index contributed by atoms with van der Waals surface area (Å²) in [5.74, 6) is 0.536. The minimum atomic E-state index is 0.536. The number of benzene rings is 1. The molecule has 0 heterocycles. The quantitative estimate of drug-likeness (QED) is 0.805. The van der Waals surface area contributed by atoms with Gasteiger partial charge in [-0.1, -0.05) is 26.7 Å². The number of phenols is 1. The molecule has 0 amide bonds. The van der Waals surface area contributed by atoms with Gasteiger partial charge in [-0.05, 0) is 61.4 Å². The van der Waals surface area contributed by atoms with Gasteiger partial charge in [0.1, 0.15) is 5.75 Å². The van der Waals surface area contributed by atoms with Crippen molar-refractivity contribution in [2.24, 2.45) is 0 Å². The van der Waals surface area contributed by atoms with Crippen molar-refractivity contribution in [2.75, 3.05) is 0 Å². The molecule has 0 spiro atoms. The van der Waals surface area contributed by atoms with Gasteiger partial charge in [0.25, 0.3) is 0 Å². The van der Waals surface area contributed by atoms with E-state index in [0.717, 1.165) is 31.2 Å². The summed E-state index contributed by atoms with van der Waals surface area (Å²) in [6.45, 7) is 10.7. The lowest BCUT2D eigenvalue weighted by molar-refractivity contribution is 0.461. The molecule has 0 aliphatic heterocycles. The molecular formula is C15H24O. The zero-order valence-corrected chi connectivity index (χ0v) is 11.3. The van der Waals surface area contributed by atoms with Gasteiger partial charge in [-0.3, -0.25) is 0 Å². The molecule has 1 N–H and O–H groups in total. The van der Waals surface area contributed by atoms with Crippen molar-refractivity contribution in [1.82, 2.24) is 0 Å². The first-order valence-electron chi connectivity index (χ1n) is 6.34. The zero-order chi connectivity index (χ0) is 12.3. The molecule has 1 nitrogen and oxygen atoms in total. The first-order valence-corrected chi connectivity index (χ1v) is 6.34. The molecule has 1 heteroatoms. The normalized spacial score (nSPS) is 10.8. The fourth-order valence-electron chi connectivity index (χ4n) is 2.39. The van der Waals surface area contributed by atoms with Crippen molar-refractivity contribution in [3.63, 3.8) is 0 Å². The third-order valence-corrected chi connectivity index (χ3v) is 3.58. The standard InChI is InChI=1S/C15H24O/c1-6-8-13-11(4)10(3)12(5)15(16)14(13)9-7-2/h16H,6-9H2,1-5H3. The highest BCUT2D eigenvalue weighted by atomic mass is 16.3. The van der Waals surface area contributed by atoms with Gasteiger partial charge >= 0.3 is 0 Å². The van der Waals surface area contributed by atoms with Crippen LogP contribution in [0.3, 0.4) is 0 Å². The van der Waals surface area contributed by atoms with Gasteiger partial charge in [-0.25, -0.2) is 0 Å². The molecule has 0 aromatic heterocycles. The molecule has 0 saturated carbocycles. The summed E-state index contributed by atoms with van der Waals surface area (Å²) in [5.41, 5.74) is 6.25. The van der Waals surface area contributed by atoms with Crippen LogP contribution in [-0.4, -0.2) is 5.11 Å². The van der Waals surface area contributed by atoms with E-state index < -0.39 is 0 Å². The number of rotatable bonds is 4. The Bertz CT molecular complexity index is 341. The highest BCUT2D eigenvalue weighted by Crippen LogP contribution is 2.33. The second-order valence-corrected chi connectivity index (χ2v) is 4.68. The Morgan fingerprint density at radius 1 is 0.750 bits per heavy atom. The van der Waals surface area contributed by atoms with Crippen molar-refractivity contribution >= 4 is 0 Å². The lowest BCUT2D eigenvalue weighted by Crippen LogP contribution is -2.03. The van der Waals surface area contributed by atoms with E-state index in [0.29, 0.717) is 5.75 Å². The number of hydrogen-bond donors (Lipinski definition) is 1. The average Bonchev–Trinajstić information content (AvgIpc) is 2.28. The second kappa shape index (κ2) is 5.38. The minimum Gasteiger partial charge on any atom is -0.507 e. The fourth-order valence-corrected chi connectivity index (χ4v) is 2.39. The maximum atomic E-state index is 10.2. The summed E-state index contributed by atoms with van der Waals surface area (Å²) in [5, 5.41) is 10.2. The summed E-state index contributed by atoms with van der Waals surface area (Å²) in [6.07, 6.45) is 4.30. The molecule has 0 unspecified atom stereocenters. The van der Waals surface area contributed by atoms with Crippen molar-refractivity contribution in [3.8, 4) is 5.75 Å². The first-order chi connectivity index (χ1) is 7.54. The van der Waals surface area contributed by atoms with Crippen molar-refractivity contribution < 1.29 is 5.11 Å². The van der Waals surface area contributed by atoms with Crippen molar-refractivity contribution in [1.29, 1.82) is 0 Å². The zero-order valence-electron chi connectivity index (χ0n) is 11.3. The molecule has 1 rings (SSSR count). The number of phenolic OH excluding ortho intramolecular Hbond substituents is 1. The van der Waals surface area contributed by atoms with Crippen molar-refractivity contribution in [2.45, 2.75) is 60.3 Å². The lowest BCUT2D eigenvalue weighted by atomic mass is 9.88. The van der Waals surface area contributed by atoms with Crippen LogP contribution >= 0.6 is 0 Å². The van der Waals surface area contributed by atoms with Gasteiger partial charge in [-0.2, -0.15) is 0 Å². The molecule has 0 bridgehead atoms. The smallest absolute Gasteiger partial charge is 0.122 e. The molecular weight excluding hydrogens is 196 g/mol. The van der Waals surface area contributed by atoms with Gasteiger partial charge in [0, 0.05) is 0 Å². The Hall–Kier alpha value is -0.980. The molecule has 1 aromatic carbocycles. The number of aromatic hydroxyl groups is 1. The molecule has 0 saturated heterocycles. The maximum Gasteiger partial charge on any atom is 0.122 e. The van der Waals surface area contributed by atoms with E-state index >= 15 is 0 Å². The third-order valence-electron chi connectivity index (χ3n) is 3.58. The molecule has 1 aromatic rings. The minimum absolute atomic E-state index is 0.536. The maximum absolute atomic E-state index is 10.2. The Morgan fingerprint density at radius 2 is 1.25 bits per heavy atom. The van der Waals surface area contributed by atoms with Crippen LogP contribution in [-0.2, 0) is 12.8 Å². The van der Waals surface area contributed by atoms with Crippen LogP contribution in [0.5, 0.6) is 5.75 Å². The van der Waals surface area contributed by atoms with Crippen LogP contribution in [0, 0.1) is 20.8 Å². The summed E-state index contributed by atoms with van der Waals surface area (Å²) >= 11 is 0. The van der Waals surface area contributed by atoms with Crippen LogP contribution in [0.2, 0.25) is 0 Å². The molecule has 0 fully saturated rings. The Kier molecular flexibility index (Phi) is 4.40. The molecule has 0 radical (unpaired) electrons. The van der Waals surface area contributed by atoms with E-state index in [9.17, 15) is 5.11 Å². The largest absolute Gasteiger partial charge is 0.507 e. The van der Waals surface area contributed by atoms with E-state index in [4.69, 9.17) is 0 Å². The third kappa shape index (κ3) is 2.23. The van der Waals surface area contributed by atoms with Crippen LogP contribution < -0.4 is 0 Å². The van der Waals surface area contributed by atoms with Gasteiger partial charge in [0.2, 0.25) is 0 Å². The van der Waals surface area contributed by atoms with E-state index in [1.165, 1.54) is 22.3 Å². The number of hydrogen-bond acceptors (Lipinski definition) is 1. The molecule has 0 atom stereocenters. The summed E-state index contributed by atoms with van der Waals surface area (Å²) in [6, 6.07) is 0. The summed E-state index contributed by atoms with van der Waals surface area (Å²) in [7, 11) is 0. The summed E-state index contributed by atoms with van der Waals surface area (Å²) in [4.78, 5) is 0. The fraction of sp³-hybridized carbons (Fsp3) is 0.600. The van der Waals surface area contributed by atoms with Gasteiger partial charge in [0.05, 0.1) is 0 Å². The molecule has 16 heavy (non-hydrogen) atoms. The first kappa shape index (κ1) is 13.1. The Balaban J connectivity index is 3.42. The van der Waals surface area contributed by atoms with Crippen LogP contribution in [0.4, 0.5) is 0 Å². The van der Waals surface area contributed by atoms with Crippen molar-refractivity contribution in [3.05, 3.63) is 27.8 Å². The SMILES string of the molecule is CCCc1c(C)c(C)c(C)c(O)c1CCC. The lowest BCUT2D eigenvalue weighted by Gasteiger charge is -2.19. The molecule has 90 valence electrons. The highest BCUT2D eigenvalue weighted by Gasteiger charge is 2.15. The van der Waals surface area contributed by atoms with Gasteiger partial charge in [-0.15, -0.1) is 0 Å². The van der Waals surface area contributed by atoms with Crippen LogP contribution in [0.1, 0.15) is 54.5 Å². The van der Waals surface area contributed by atoms with E-state index in [1.54, 1.807) is 0 Å². The monoisotopic (exact) mass is 220 g/mol. The van der Waals surface area contributed by atoms with Gasteiger partial charge in [0.15, 0.2) is 0 Å². The predicted octanol–water partition coefficient (Wildman–Crippen LogP) is 4.22. The van der Waals surface area contributed by atoms with E-state index in [2.05, 4.69) is 27.7 Å². The average molecular weight is 220 g/mol. The Morgan fingerprint density at radius 3 is 1.75 bits per heavy atom. The van der Waals surface area contributed by atoms with E-state index in [1.807, 2.05) is 6.92 Å². The predicted molar refractivity (Wildman–Crippen MR) is 70.3 cm³/mol. The van der Waals surface area contributed by atoms with Gasteiger partial charge < -0.3 is 5.11 Å². The van der Waals surface area contributed by atoms with Crippen LogP contribution in [0.25, 0.3) is 0 Å².